The van der Waals surface area contributed by atoms with Crippen LogP contribution in [0.3, 0.4) is 0 Å². The second kappa shape index (κ2) is 8.20. The fourth-order valence-corrected chi connectivity index (χ4v) is 4.48. The van der Waals surface area contributed by atoms with Crippen LogP contribution in [0.15, 0.2) is 6.20 Å². The van der Waals surface area contributed by atoms with Gasteiger partial charge in [0.2, 0.25) is 21.9 Å². The van der Waals surface area contributed by atoms with E-state index in [1.807, 2.05) is 6.07 Å². The number of aliphatic hydroxyl groups is 1. The van der Waals surface area contributed by atoms with Crippen molar-refractivity contribution in [2.24, 2.45) is 0 Å². The molecule has 1 aromatic rings. The van der Waals surface area contributed by atoms with Gasteiger partial charge in [0, 0.05) is 25.6 Å². The lowest BCUT2D eigenvalue weighted by Gasteiger charge is -2.40. The molecule has 1 aliphatic carbocycles. The molecule has 0 spiro atoms. The van der Waals surface area contributed by atoms with Crippen LogP contribution in [0.1, 0.15) is 44.6 Å². The van der Waals surface area contributed by atoms with Gasteiger partial charge in [0.15, 0.2) is 0 Å². The molecule has 2 heterocycles. The predicted octanol–water partition coefficient (Wildman–Crippen LogP) is 1.50. The van der Waals surface area contributed by atoms with Crippen LogP contribution in [0, 0.1) is 11.3 Å². The second-order valence-electron chi connectivity index (χ2n) is 8.13. The predicted molar refractivity (Wildman–Crippen MR) is 104 cm³/mol. The molecule has 0 aromatic carbocycles. The van der Waals surface area contributed by atoms with Gasteiger partial charge in [0.05, 0.1) is 24.5 Å². The molecule has 30 heavy (non-hydrogen) atoms. The van der Waals surface area contributed by atoms with Gasteiger partial charge in [-0.05, 0) is 26.2 Å². The molecule has 2 aliphatic rings. The molecule has 2 fully saturated rings. The minimum absolute atomic E-state index is 0.0304. The highest BCUT2D eigenvalue weighted by Crippen LogP contribution is 2.40. The first-order valence-corrected chi connectivity index (χ1v) is 11.5. The number of hydrogen-bond acceptors (Lipinski definition) is 8. The second-order valence-corrected chi connectivity index (χ2v) is 10.1. The van der Waals surface area contributed by atoms with E-state index in [1.54, 1.807) is 0 Å². The highest BCUT2D eigenvalue weighted by atomic mass is 32.2. The largest absolute Gasteiger partial charge is 0.470 e. The monoisotopic (exact) mass is 445 g/mol. The van der Waals surface area contributed by atoms with Gasteiger partial charge in [-0.15, -0.1) is 0 Å². The lowest BCUT2D eigenvalue weighted by atomic mass is 9.81. The number of nitrogens with zero attached hydrogens (tertiary/aromatic N) is 4. The van der Waals surface area contributed by atoms with Crippen molar-refractivity contribution in [2.45, 2.75) is 62.7 Å². The maximum Gasteiger partial charge on any atom is 0.251 e. The summed E-state index contributed by atoms with van der Waals surface area (Å²) < 4.78 is 57.9. The van der Waals surface area contributed by atoms with Crippen LogP contribution in [0.4, 0.5) is 14.7 Å². The molecule has 2 atom stereocenters. The van der Waals surface area contributed by atoms with Crippen LogP contribution in [0.25, 0.3) is 0 Å². The minimum atomic E-state index is -3.24. The molecule has 1 saturated carbocycles. The molecule has 2 N–H and O–H groups in total. The normalized spacial score (nSPS) is 27.9. The van der Waals surface area contributed by atoms with Crippen molar-refractivity contribution in [3.63, 3.8) is 0 Å². The average molecular weight is 445 g/mol. The van der Waals surface area contributed by atoms with Crippen LogP contribution in [0.5, 0.6) is 5.88 Å². The number of sulfonamides is 1. The highest BCUT2D eigenvalue weighted by Gasteiger charge is 2.48. The summed E-state index contributed by atoms with van der Waals surface area (Å²) in [4.78, 5) is 8.22. The van der Waals surface area contributed by atoms with E-state index in [0.717, 1.165) is 6.26 Å². The van der Waals surface area contributed by atoms with E-state index in [2.05, 4.69) is 15.3 Å². The zero-order chi connectivity index (χ0) is 22.2. The Bertz CT molecular complexity index is 927. The van der Waals surface area contributed by atoms with Gasteiger partial charge in [-0.1, -0.05) is 0 Å². The van der Waals surface area contributed by atoms with Crippen molar-refractivity contribution in [3.05, 3.63) is 11.8 Å². The maximum atomic E-state index is 13.8. The Morgan fingerprint density at radius 3 is 2.63 bits per heavy atom. The number of ether oxygens (including phenoxy) is 1. The summed E-state index contributed by atoms with van der Waals surface area (Å²) in [6.45, 7) is 2.14. The number of aromatic nitrogens is 2. The number of hydrogen-bond donors (Lipinski definition) is 2. The van der Waals surface area contributed by atoms with E-state index in [9.17, 15) is 27.6 Å². The summed E-state index contributed by atoms with van der Waals surface area (Å²) in [6, 6.07) is 1.77. The number of nitrogens with one attached hydrogen (secondary N) is 1. The van der Waals surface area contributed by atoms with E-state index in [4.69, 9.17) is 4.74 Å². The van der Waals surface area contributed by atoms with Crippen molar-refractivity contribution in [1.29, 1.82) is 5.26 Å². The van der Waals surface area contributed by atoms with Gasteiger partial charge in [-0.2, -0.15) is 10.2 Å². The van der Waals surface area contributed by atoms with E-state index < -0.39 is 40.5 Å². The van der Waals surface area contributed by atoms with Crippen molar-refractivity contribution in [1.82, 2.24) is 14.3 Å². The zero-order valence-corrected chi connectivity index (χ0v) is 17.6. The van der Waals surface area contributed by atoms with Crippen LogP contribution in [0.2, 0.25) is 0 Å². The maximum absolute atomic E-state index is 13.8. The third kappa shape index (κ3) is 5.33. The third-order valence-corrected chi connectivity index (χ3v) is 6.86. The molecule has 9 nitrogen and oxygen atoms in total. The average Bonchev–Trinajstić information content (AvgIpc) is 2.65. The Hall–Kier alpha value is -2.10. The molecule has 1 aromatic heterocycles. The first-order chi connectivity index (χ1) is 13.9. The molecule has 1 saturated heterocycles. The summed E-state index contributed by atoms with van der Waals surface area (Å²) in [5.41, 5.74) is -1.51. The summed E-state index contributed by atoms with van der Waals surface area (Å²) in [7, 11) is -3.24. The summed E-state index contributed by atoms with van der Waals surface area (Å²) in [5.74, 6) is -3.00. The van der Waals surface area contributed by atoms with Crippen molar-refractivity contribution >= 4 is 16.0 Å². The number of rotatable bonds is 5. The molecular formula is C18H25F2N5O4S. The first-order valence-electron chi connectivity index (χ1n) is 9.65. The molecule has 166 valence electrons. The van der Waals surface area contributed by atoms with Gasteiger partial charge in [0.25, 0.3) is 5.92 Å². The van der Waals surface area contributed by atoms with Gasteiger partial charge < -0.3 is 15.2 Å². The van der Waals surface area contributed by atoms with Crippen LogP contribution in [-0.4, -0.2) is 70.8 Å². The Kier molecular flexibility index (Phi) is 6.18. The van der Waals surface area contributed by atoms with Crippen molar-refractivity contribution in [2.75, 3.05) is 24.7 Å². The van der Waals surface area contributed by atoms with Crippen LogP contribution >= 0.6 is 0 Å². The zero-order valence-electron chi connectivity index (χ0n) is 16.8. The summed E-state index contributed by atoms with van der Waals surface area (Å²) >= 11 is 0. The Morgan fingerprint density at radius 1 is 1.37 bits per heavy atom. The highest BCUT2D eigenvalue weighted by molar-refractivity contribution is 7.88. The van der Waals surface area contributed by atoms with E-state index in [0.29, 0.717) is 25.9 Å². The molecule has 12 heteroatoms. The smallest absolute Gasteiger partial charge is 0.251 e. The van der Waals surface area contributed by atoms with Gasteiger partial charge in [-0.3, -0.25) is 0 Å². The summed E-state index contributed by atoms with van der Waals surface area (Å²) in [5, 5.41) is 22.8. The van der Waals surface area contributed by atoms with Crippen molar-refractivity contribution in [3.8, 4) is 11.9 Å². The third-order valence-electron chi connectivity index (χ3n) is 5.56. The molecule has 0 bridgehead atoms. The van der Waals surface area contributed by atoms with Crippen molar-refractivity contribution < 1.29 is 27.0 Å². The standard InChI is InChI=1S/C18H25F2N5O4S/c1-17(26)5-6-18(19,20)9-14(17)29-15-12(10-21)11-22-16(24-15)23-13-3-7-25(8-4-13)30(2,27)28/h11,13-14,26H,3-9H2,1-2H3,(H,22,23,24)/t14-,17+/m0/s1. The molecule has 1 aliphatic heterocycles. The van der Waals surface area contributed by atoms with E-state index in [1.165, 1.54) is 17.4 Å². The van der Waals surface area contributed by atoms with Crippen LogP contribution < -0.4 is 10.1 Å². The number of piperidine rings is 1. The Labute approximate surface area is 174 Å². The fraction of sp³-hybridized carbons (Fsp3) is 0.722. The molecule has 0 radical (unpaired) electrons. The molecular weight excluding hydrogens is 420 g/mol. The minimum Gasteiger partial charge on any atom is -0.470 e. The van der Waals surface area contributed by atoms with Gasteiger partial charge >= 0.3 is 0 Å². The first kappa shape index (κ1) is 22.6. The molecule has 0 unspecified atom stereocenters. The lowest BCUT2D eigenvalue weighted by molar-refractivity contribution is -0.155. The summed E-state index contributed by atoms with van der Waals surface area (Å²) in [6.07, 6.45) is 0.988. The quantitative estimate of drug-likeness (QED) is 0.698. The number of alkyl halides is 2. The van der Waals surface area contributed by atoms with Crippen LogP contribution in [-0.2, 0) is 10.0 Å². The van der Waals surface area contributed by atoms with Gasteiger partial charge in [-0.25, -0.2) is 26.5 Å². The number of anilines is 1. The fourth-order valence-electron chi connectivity index (χ4n) is 3.61. The Balaban J connectivity index is 1.72. The number of halogens is 2. The van der Waals surface area contributed by atoms with E-state index in [-0.39, 0.29) is 29.9 Å². The lowest BCUT2D eigenvalue weighted by Crippen LogP contribution is -2.51. The SMILES string of the molecule is C[C@@]1(O)CCC(F)(F)C[C@@H]1Oc1nc(NC2CCN(S(C)(=O)=O)CC2)ncc1C#N. The Morgan fingerprint density at radius 2 is 2.03 bits per heavy atom. The number of nitriles is 1. The van der Waals surface area contributed by atoms with Gasteiger partial charge in [0.1, 0.15) is 17.7 Å². The van der Waals surface area contributed by atoms with E-state index >= 15 is 0 Å². The topological polar surface area (TPSA) is 128 Å². The molecule has 3 rings (SSSR count). The molecule has 0 amide bonds.